The zero-order valence-corrected chi connectivity index (χ0v) is 11.8. The fraction of sp³-hybridized carbons (Fsp3) is 0.846. The Bertz CT molecular complexity index is 319. The molecule has 1 rings (SSSR count). The number of aromatic nitrogens is 3. The Morgan fingerprint density at radius 1 is 1.29 bits per heavy atom. The molecule has 0 aliphatic heterocycles. The summed E-state index contributed by atoms with van der Waals surface area (Å²) in [5.41, 5.74) is 1.25. The molecule has 0 amide bonds. The van der Waals surface area contributed by atoms with Gasteiger partial charge in [0.15, 0.2) is 0 Å². The third kappa shape index (κ3) is 4.11. The van der Waals surface area contributed by atoms with Crippen LogP contribution in [0.25, 0.3) is 0 Å². The van der Waals surface area contributed by atoms with Crippen LogP contribution in [0.3, 0.4) is 0 Å². The van der Waals surface area contributed by atoms with Gasteiger partial charge in [0.1, 0.15) is 0 Å². The lowest BCUT2D eigenvalue weighted by Gasteiger charge is -2.22. The summed E-state index contributed by atoms with van der Waals surface area (Å²) in [5.74, 6) is 1.08. The quantitative estimate of drug-likeness (QED) is 0.793. The van der Waals surface area contributed by atoms with E-state index >= 15 is 0 Å². The van der Waals surface area contributed by atoms with E-state index in [0.29, 0.717) is 17.9 Å². The Balaban J connectivity index is 2.60. The molecular weight excluding hydrogens is 212 g/mol. The topological polar surface area (TPSA) is 42.7 Å². The van der Waals surface area contributed by atoms with Crippen molar-refractivity contribution < 1.29 is 0 Å². The van der Waals surface area contributed by atoms with E-state index in [1.54, 1.807) is 0 Å². The van der Waals surface area contributed by atoms with Crippen molar-refractivity contribution in [2.24, 2.45) is 5.92 Å². The molecular formula is C13H26N4. The summed E-state index contributed by atoms with van der Waals surface area (Å²) >= 11 is 0. The Morgan fingerprint density at radius 2 is 2.00 bits per heavy atom. The molecule has 0 radical (unpaired) electrons. The molecule has 0 spiro atoms. The van der Waals surface area contributed by atoms with E-state index in [-0.39, 0.29) is 0 Å². The molecule has 0 fully saturated rings. The summed E-state index contributed by atoms with van der Waals surface area (Å²) in [4.78, 5) is 0. The van der Waals surface area contributed by atoms with Crippen molar-refractivity contribution in [3.8, 4) is 0 Å². The van der Waals surface area contributed by atoms with Gasteiger partial charge in [0, 0.05) is 18.5 Å². The lowest BCUT2D eigenvalue weighted by Crippen LogP contribution is -2.30. The summed E-state index contributed by atoms with van der Waals surface area (Å²) < 4.78 is 2.04. The third-order valence-electron chi connectivity index (χ3n) is 3.25. The number of nitrogens with one attached hydrogen (secondary N) is 1. The molecule has 1 heterocycles. The highest BCUT2D eigenvalue weighted by molar-refractivity contribution is 5.03. The van der Waals surface area contributed by atoms with Crippen molar-refractivity contribution in [2.75, 3.05) is 6.54 Å². The van der Waals surface area contributed by atoms with E-state index in [1.807, 2.05) is 10.9 Å². The summed E-state index contributed by atoms with van der Waals surface area (Å²) in [7, 11) is 0. The number of hydrogen-bond donors (Lipinski definition) is 1. The fourth-order valence-corrected chi connectivity index (χ4v) is 1.89. The van der Waals surface area contributed by atoms with Crippen molar-refractivity contribution >= 4 is 0 Å². The molecule has 1 aromatic heterocycles. The standard InChI is InChI=1S/C13H26N4/c1-6-7-17-13(9-15-16-17)12(5)11(4)8-14-10(2)3/h9-12,14H,6-8H2,1-5H3. The van der Waals surface area contributed by atoms with Crippen molar-refractivity contribution in [3.63, 3.8) is 0 Å². The molecule has 0 saturated carbocycles. The molecule has 0 aromatic carbocycles. The minimum Gasteiger partial charge on any atom is -0.314 e. The second-order valence-electron chi connectivity index (χ2n) is 5.21. The monoisotopic (exact) mass is 238 g/mol. The summed E-state index contributed by atoms with van der Waals surface area (Å²) in [6, 6.07) is 0.545. The van der Waals surface area contributed by atoms with Crippen LogP contribution >= 0.6 is 0 Å². The van der Waals surface area contributed by atoms with E-state index in [4.69, 9.17) is 0 Å². The molecule has 0 saturated heterocycles. The number of nitrogens with zero attached hydrogens (tertiary/aromatic N) is 3. The SMILES string of the molecule is CCCn1nncc1C(C)C(C)CNC(C)C. The Labute approximate surface area is 105 Å². The van der Waals surface area contributed by atoms with Crippen LogP contribution in [0.5, 0.6) is 0 Å². The van der Waals surface area contributed by atoms with Gasteiger partial charge in [-0.3, -0.25) is 0 Å². The maximum absolute atomic E-state index is 4.15. The van der Waals surface area contributed by atoms with Gasteiger partial charge < -0.3 is 5.32 Å². The maximum Gasteiger partial charge on any atom is 0.0728 e. The van der Waals surface area contributed by atoms with Crippen molar-refractivity contribution in [3.05, 3.63) is 11.9 Å². The molecule has 98 valence electrons. The van der Waals surface area contributed by atoms with Crippen LogP contribution in [0, 0.1) is 5.92 Å². The highest BCUT2D eigenvalue weighted by Gasteiger charge is 2.18. The predicted molar refractivity (Wildman–Crippen MR) is 71.0 cm³/mol. The van der Waals surface area contributed by atoms with Crippen molar-refractivity contribution in [1.29, 1.82) is 0 Å². The lowest BCUT2D eigenvalue weighted by molar-refractivity contribution is 0.403. The van der Waals surface area contributed by atoms with E-state index in [0.717, 1.165) is 19.5 Å². The Kier molecular flexibility index (Phi) is 5.62. The summed E-state index contributed by atoms with van der Waals surface area (Å²) in [5, 5.41) is 11.7. The van der Waals surface area contributed by atoms with Gasteiger partial charge in [0.25, 0.3) is 0 Å². The van der Waals surface area contributed by atoms with Gasteiger partial charge >= 0.3 is 0 Å². The summed E-state index contributed by atoms with van der Waals surface area (Å²) in [6.45, 7) is 13.1. The molecule has 17 heavy (non-hydrogen) atoms. The second kappa shape index (κ2) is 6.74. The fourth-order valence-electron chi connectivity index (χ4n) is 1.89. The van der Waals surface area contributed by atoms with Gasteiger partial charge in [0.05, 0.1) is 11.9 Å². The highest BCUT2D eigenvalue weighted by Crippen LogP contribution is 2.22. The number of aryl methyl sites for hydroxylation is 1. The molecule has 2 unspecified atom stereocenters. The maximum atomic E-state index is 4.15. The molecule has 2 atom stereocenters. The third-order valence-corrected chi connectivity index (χ3v) is 3.25. The molecule has 0 aliphatic rings. The van der Waals surface area contributed by atoms with Gasteiger partial charge in [0.2, 0.25) is 0 Å². The van der Waals surface area contributed by atoms with Gasteiger partial charge in [-0.2, -0.15) is 0 Å². The van der Waals surface area contributed by atoms with Crippen LogP contribution in [-0.4, -0.2) is 27.6 Å². The first-order valence-electron chi connectivity index (χ1n) is 6.68. The van der Waals surface area contributed by atoms with Crippen LogP contribution < -0.4 is 5.32 Å². The molecule has 1 N–H and O–H groups in total. The van der Waals surface area contributed by atoms with Gasteiger partial charge in [-0.05, 0) is 18.9 Å². The Hall–Kier alpha value is -0.900. The molecule has 0 bridgehead atoms. The predicted octanol–water partition coefficient (Wildman–Crippen LogP) is 2.43. The zero-order chi connectivity index (χ0) is 12.8. The first-order chi connectivity index (χ1) is 8.06. The zero-order valence-electron chi connectivity index (χ0n) is 11.8. The van der Waals surface area contributed by atoms with Crippen LogP contribution in [0.15, 0.2) is 6.20 Å². The normalized spacial score (nSPS) is 15.2. The molecule has 0 aliphatic carbocycles. The second-order valence-corrected chi connectivity index (χ2v) is 5.21. The number of rotatable bonds is 7. The largest absolute Gasteiger partial charge is 0.314 e. The van der Waals surface area contributed by atoms with E-state index in [1.165, 1.54) is 5.69 Å². The van der Waals surface area contributed by atoms with Crippen LogP contribution in [0.1, 0.15) is 52.7 Å². The average Bonchev–Trinajstić information content (AvgIpc) is 2.73. The first kappa shape index (κ1) is 14.2. The van der Waals surface area contributed by atoms with E-state index < -0.39 is 0 Å². The van der Waals surface area contributed by atoms with Gasteiger partial charge in [-0.15, -0.1) is 5.10 Å². The van der Waals surface area contributed by atoms with Crippen LogP contribution in [0.2, 0.25) is 0 Å². The smallest absolute Gasteiger partial charge is 0.0728 e. The Morgan fingerprint density at radius 3 is 2.59 bits per heavy atom. The molecule has 4 nitrogen and oxygen atoms in total. The minimum atomic E-state index is 0.489. The van der Waals surface area contributed by atoms with Gasteiger partial charge in [-0.25, -0.2) is 4.68 Å². The lowest BCUT2D eigenvalue weighted by atomic mass is 9.93. The molecule has 4 heteroatoms. The van der Waals surface area contributed by atoms with Crippen LogP contribution in [-0.2, 0) is 6.54 Å². The average molecular weight is 238 g/mol. The first-order valence-corrected chi connectivity index (χ1v) is 6.68. The van der Waals surface area contributed by atoms with E-state index in [2.05, 4.69) is 50.2 Å². The van der Waals surface area contributed by atoms with Crippen molar-refractivity contribution in [2.45, 2.75) is 59.5 Å². The van der Waals surface area contributed by atoms with Gasteiger partial charge in [-0.1, -0.05) is 39.8 Å². The highest BCUT2D eigenvalue weighted by atomic mass is 15.4. The minimum absolute atomic E-state index is 0.489. The molecule has 1 aromatic rings. The van der Waals surface area contributed by atoms with Crippen LogP contribution in [0.4, 0.5) is 0 Å². The van der Waals surface area contributed by atoms with E-state index in [9.17, 15) is 0 Å². The number of hydrogen-bond acceptors (Lipinski definition) is 3. The van der Waals surface area contributed by atoms with Crippen molar-refractivity contribution in [1.82, 2.24) is 20.3 Å². The summed E-state index contributed by atoms with van der Waals surface area (Å²) in [6.07, 6.45) is 3.01.